The Morgan fingerprint density at radius 3 is 2.57 bits per heavy atom. The van der Waals surface area contributed by atoms with Crippen LogP contribution in [0.1, 0.15) is 22.3 Å². The quantitative estimate of drug-likeness (QED) is 0.392. The first kappa shape index (κ1) is 14.9. The molecule has 0 spiro atoms. The van der Waals surface area contributed by atoms with E-state index in [1.807, 2.05) is 32.2 Å². The van der Waals surface area contributed by atoms with Crippen LogP contribution in [0.25, 0.3) is 0 Å². The summed E-state index contributed by atoms with van der Waals surface area (Å²) in [6.45, 7) is 4.87. The minimum Gasteiger partial charge on any atom is -0.409 e. The summed E-state index contributed by atoms with van der Waals surface area (Å²) in [6, 6.07) is 14.2. The van der Waals surface area contributed by atoms with Gasteiger partial charge in [0.1, 0.15) is 0 Å². The van der Waals surface area contributed by atoms with Gasteiger partial charge in [0.2, 0.25) is 0 Å². The highest BCUT2D eigenvalue weighted by Crippen LogP contribution is 2.25. The number of anilines is 1. The van der Waals surface area contributed by atoms with Gasteiger partial charge in [0, 0.05) is 19.2 Å². The molecule has 0 fully saturated rings. The third-order valence-corrected chi connectivity index (χ3v) is 3.51. The van der Waals surface area contributed by atoms with Gasteiger partial charge in [0.25, 0.3) is 0 Å². The lowest BCUT2D eigenvalue weighted by Gasteiger charge is -2.24. The van der Waals surface area contributed by atoms with E-state index in [1.165, 1.54) is 11.1 Å². The van der Waals surface area contributed by atoms with Crippen LogP contribution in [0.2, 0.25) is 0 Å². The number of hydrogen-bond acceptors (Lipinski definition) is 3. The normalized spacial score (nSPS) is 11.5. The van der Waals surface area contributed by atoms with Crippen molar-refractivity contribution in [1.29, 1.82) is 0 Å². The molecule has 0 aliphatic rings. The van der Waals surface area contributed by atoms with Crippen LogP contribution in [0.3, 0.4) is 0 Å². The van der Waals surface area contributed by atoms with E-state index in [0.717, 1.165) is 23.4 Å². The molecule has 0 aromatic heterocycles. The number of amidine groups is 1. The number of nitrogens with two attached hydrogens (primary N) is 1. The fourth-order valence-electron chi connectivity index (χ4n) is 2.59. The van der Waals surface area contributed by atoms with Gasteiger partial charge in [0.05, 0.1) is 5.69 Å². The molecule has 2 aromatic carbocycles. The van der Waals surface area contributed by atoms with Gasteiger partial charge in [-0.2, -0.15) is 0 Å². The zero-order valence-corrected chi connectivity index (χ0v) is 12.7. The lowest BCUT2D eigenvalue weighted by atomic mass is 10.0. The third-order valence-electron chi connectivity index (χ3n) is 3.51. The number of rotatable bonds is 4. The van der Waals surface area contributed by atoms with E-state index in [9.17, 15) is 0 Å². The van der Waals surface area contributed by atoms with E-state index in [4.69, 9.17) is 10.9 Å². The van der Waals surface area contributed by atoms with Gasteiger partial charge < -0.3 is 15.8 Å². The molecule has 0 radical (unpaired) electrons. The first-order chi connectivity index (χ1) is 10.0. The summed E-state index contributed by atoms with van der Waals surface area (Å²) in [5.41, 5.74) is 11.1. The molecule has 2 aromatic rings. The Kier molecular flexibility index (Phi) is 4.48. The second-order valence-corrected chi connectivity index (χ2v) is 5.30. The molecule has 0 heterocycles. The Hall–Kier alpha value is -2.49. The van der Waals surface area contributed by atoms with Crippen LogP contribution in [0, 0.1) is 13.8 Å². The summed E-state index contributed by atoms with van der Waals surface area (Å²) in [7, 11) is 2.01. The van der Waals surface area contributed by atoms with Crippen LogP contribution in [-0.2, 0) is 6.54 Å². The maximum Gasteiger partial charge on any atom is 0.172 e. The maximum absolute atomic E-state index is 8.96. The Labute approximate surface area is 125 Å². The van der Waals surface area contributed by atoms with Crippen LogP contribution in [-0.4, -0.2) is 18.1 Å². The predicted molar refractivity (Wildman–Crippen MR) is 87.0 cm³/mol. The van der Waals surface area contributed by atoms with Crippen molar-refractivity contribution >= 4 is 11.5 Å². The van der Waals surface area contributed by atoms with E-state index < -0.39 is 0 Å². The molecule has 4 nitrogen and oxygen atoms in total. The third kappa shape index (κ3) is 3.34. The van der Waals surface area contributed by atoms with Gasteiger partial charge in [-0.1, -0.05) is 47.1 Å². The molecule has 0 saturated heterocycles. The molecular weight excluding hydrogens is 262 g/mol. The van der Waals surface area contributed by atoms with Crippen LogP contribution in [0.15, 0.2) is 47.6 Å². The summed E-state index contributed by atoms with van der Waals surface area (Å²) in [4.78, 5) is 2.12. The number of oxime groups is 1. The van der Waals surface area contributed by atoms with Crippen molar-refractivity contribution in [2.45, 2.75) is 20.4 Å². The largest absolute Gasteiger partial charge is 0.409 e. The second-order valence-electron chi connectivity index (χ2n) is 5.30. The van der Waals surface area contributed by atoms with Gasteiger partial charge in [-0.15, -0.1) is 0 Å². The second kappa shape index (κ2) is 6.31. The number of nitrogens with zero attached hydrogens (tertiary/aromatic N) is 2. The number of benzene rings is 2. The Morgan fingerprint density at radius 2 is 1.90 bits per heavy atom. The summed E-state index contributed by atoms with van der Waals surface area (Å²) in [5, 5.41) is 12.1. The molecular formula is C17H21N3O. The maximum atomic E-state index is 8.96. The molecule has 0 bridgehead atoms. The topological polar surface area (TPSA) is 61.8 Å². The molecule has 2 rings (SSSR count). The molecule has 0 saturated carbocycles. The van der Waals surface area contributed by atoms with Crippen molar-refractivity contribution in [1.82, 2.24) is 0 Å². The molecule has 4 heteroatoms. The SMILES string of the molecule is Cc1cccc(CN(C)c2c(C)cccc2/C(N)=N/O)c1. The van der Waals surface area contributed by atoms with Crippen LogP contribution < -0.4 is 10.6 Å². The molecule has 0 amide bonds. The van der Waals surface area contributed by atoms with Crippen molar-refractivity contribution in [2.75, 3.05) is 11.9 Å². The first-order valence-electron chi connectivity index (χ1n) is 6.87. The van der Waals surface area contributed by atoms with Crippen molar-refractivity contribution < 1.29 is 5.21 Å². The van der Waals surface area contributed by atoms with Gasteiger partial charge in [0.15, 0.2) is 5.84 Å². The summed E-state index contributed by atoms with van der Waals surface area (Å²) in [5.74, 6) is 0.129. The minimum atomic E-state index is 0.129. The number of hydrogen-bond donors (Lipinski definition) is 2. The molecule has 0 atom stereocenters. The highest BCUT2D eigenvalue weighted by molar-refractivity contribution is 6.02. The zero-order valence-electron chi connectivity index (χ0n) is 12.7. The Balaban J connectivity index is 2.37. The highest BCUT2D eigenvalue weighted by atomic mass is 16.4. The fraction of sp³-hybridized carbons (Fsp3) is 0.235. The highest BCUT2D eigenvalue weighted by Gasteiger charge is 2.14. The van der Waals surface area contributed by atoms with Crippen LogP contribution in [0.4, 0.5) is 5.69 Å². The van der Waals surface area contributed by atoms with E-state index in [1.54, 1.807) is 0 Å². The van der Waals surface area contributed by atoms with Gasteiger partial charge in [-0.25, -0.2) is 0 Å². The van der Waals surface area contributed by atoms with Crippen LogP contribution >= 0.6 is 0 Å². The summed E-state index contributed by atoms with van der Waals surface area (Å²) >= 11 is 0. The molecule has 3 N–H and O–H groups in total. The molecule has 0 unspecified atom stereocenters. The number of aryl methyl sites for hydroxylation is 2. The predicted octanol–water partition coefficient (Wildman–Crippen LogP) is 3.03. The van der Waals surface area contributed by atoms with Crippen molar-refractivity contribution in [3.63, 3.8) is 0 Å². The van der Waals surface area contributed by atoms with Gasteiger partial charge in [-0.05, 0) is 31.0 Å². The molecule has 110 valence electrons. The zero-order chi connectivity index (χ0) is 15.4. The lowest BCUT2D eigenvalue weighted by Crippen LogP contribution is -2.23. The standard InChI is InChI=1S/C17H21N3O/c1-12-6-4-8-14(10-12)11-20(3)16-13(2)7-5-9-15(16)17(18)19-21/h4-10,21H,11H2,1-3H3,(H2,18,19). The van der Waals surface area contributed by atoms with E-state index in [-0.39, 0.29) is 5.84 Å². The first-order valence-corrected chi connectivity index (χ1v) is 6.87. The fourth-order valence-corrected chi connectivity index (χ4v) is 2.59. The summed E-state index contributed by atoms with van der Waals surface area (Å²) < 4.78 is 0. The minimum absolute atomic E-state index is 0.129. The summed E-state index contributed by atoms with van der Waals surface area (Å²) in [6.07, 6.45) is 0. The average molecular weight is 283 g/mol. The van der Waals surface area contributed by atoms with Crippen LogP contribution in [0.5, 0.6) is 0 Å². The Morgan fingerprint density at radius 1 is 1.19 bits per heavy atom. The molecule has 21 heavy (non-hydrogen) atoms. The molecule has 0 aliphatic carbocycles. The van der Waals surface area contributed by atoms with Gasteiger partial charge in [-0.3, -0.25) is 0 Å². The monoisotopic (exact) mass is 283 g/mol. The van der Waals surface area contributed by atoms with E-state index in [2.05, 4.69) is 41.2 Å². The van der Waals surface area contributed by atoms with Crippen molar-refractivity contribution in [2.24, 2.45) is 10.9 Å². The molecule has 0 aliphatic heterocycles. The van der Waals surface area contributed by atoms with Crippen molar-refractivity contribution in [3.05, 3.63) is 64.7 Å². The van der Waals surface area contributed by atoms with E-state index in [0.29, 0.717) is 0 Å². The van der Waals surface area contributed by atoms with Crippen molar-refractivity contribution in [3.8, 4) is 0 Å². The van der Waals surface area contributed by atoms with Gasteiger partial charge >= 0.3 is 0 Å². The number of para-hydroxylation sites is 1. The average Bonchev–Trinajstić information content (AvgIpc) is 2.46. The Bertz CT molecular complexity index is 665. The smallest absolute Gasteiger partial charge is 0.172 e. The lowest BCUT2D eigenvalue weighted by molar-refractivity contribution is 0.318. The van der Waals surface area contributed by atoms with E-state index >= 15 is 0 Å².